The van der Waals surface area contributed by atoms with E-state index >= 15 is 0 Å². The summed E-state index contributed by atoms with van der Waals surface area (Å²) in [5.74, 6) is 0.766. The molecule has 1 aliphatic rings. The maximum atomic E-state index is 12.0. The number of nitrogens with two attached hydrogens (primary N) is 1. The van der Waals surface area contributed by atoms with Crippen LogP contribution < -0.4 is 16.4 Å². The quantitative estimate of drug-likeness (QED) is 0.602. The van der Waals surface area contributed by atoms with Gasteiger partial charge in [-0.3, -0.25) is 9.59 Å². The third-order valence-corrected chi connectivity index (χ3v) is 4.88. The van der Waals surface area contributed by atoms with Gasteiger partial charge in [0.15, 0.2) is 0 Å². The average Bonchev–Trinajstić information content (AvgIpc) is 2.66. The van der Waals surface area contributed by atoms with Crippen molar-refractivity contribution in [3.8, 4) is 0 Å². The number of rotatable bonds is 9. The SMILES string of the molecule is NCCCNC(=O)c1ccc(CNC(=O)CCC2CCCCC2)cc1. The molecule has 0 aliphatic heterocycles. The van der Waals surface area contributed by atoms with Crippen LogP contribution in [-0.4, -0.2) is 24.9 Å². The maximum Gasteiger partial charge on any atom is 0.251 e. The Morgan fingerprint density at radius 1 is 1.04 bits per heavy atom. The number of hydrogen-bond donors (Lipinski definition) is 3. The van der Waals surface area contributed by atoms with Crippen molar-refractivity contribution in [3.05, 3.63) is 35.4 Å². The predicted molar refractivity (Wildman–Crippen MR) is 100 cm³/mol. The monoisotopic (exact) mass is 345 g/mol. The van der Waals surface area contributed by atoms with Gasteiger partial charge in [-0.25, -0.2) is 0 Å². The van der Waals surface area contributed by atoms with Gasteiger partial charge in [-0.05, 0) is 43.0 Å². The Morgan fingerprint density at radius 2 is 1.76 bits per heavy atom. The Kier molecular flexibility index (Phi) is 8.46. The van der Waals surface area contributed by atoms with Gasteiger partial charge in [0.1, 0.15) is 0 Å². The molecule has 0 spiro atoms. The first kappa shape index (κ1) is 19.4. The van der Waals surface area contributed by atoms with Gasteiger partial charge in [-0.1, -0.05) is 44.2 Å². The summed E-state index contributed by atoms with van der Waals surface area (Å²) in [4.78, 5) is 23.9. The Hall–Kier alpha value is -1.88. The van der Waals surface area contributed by atoms with E-state index in [0.29, 0.717) is 31.6 Å². The predicted octanol–water partition coefficient (Wildman–Crippen LogP) is 2.74. The molecule has 2 rings (SSSR count). The molecule has 0 radical (unpaired) electrons. The Labute approximate surface area is 150 Å². The van der Waals surface area contributed by atoms with Crippen LogP contribution in [0.2, 0.25) is 0 Å². The van der Waals surface area contributed by atoms with Gasteiger partial charge in [0.25, 0.3) is 5.91 Å². The van der Waals surface area contributed by atoms with E-state index in [9.17, 15) is 9.59 Å². The molecule has 1 fully saturated rings. The summed E-state index contributed by atoms with van der Waals surface area (Å²) in [6.45, 7) is 1.67. The van der Waals surface area contributed by atoms with Gasteiger partial charge >= 0.3 is 0 Å². The molecule has 1 aliphatic carbocycles. The zero-order valence-electron chi connectivity index (χ0n) is 15.1. The smallest absolute Gasteiger partial charge is 0.251 e. The number of carbonyl (C=O) groups excluding carboxylic acids is 2. The third-order valence-electron chi connectivity index (χ3n) is 4.88. The van der Waals surface area contributed by atoms with Crippen LogP contribution in [0.15, 0.2) is 24.3 Å². The van der Waals surface area contributed by atoms with Crippen molar-refractivity contribution in [2.75, 3.05) is 13.1 Å². The first-order valence-corrected chi connectivity index (χ1v) is 9.53. The fourth-order valence-corrected chi connectivity index (χ4v) is 3.28. The Bertz CT molecular complexity index is 536. The highest BCUT2D eigenvalue weighted by Gasteiger charge is 2.14. The lowest BCUT2D eigenvalue weighted by Gasteiger charge is -2.21. The van der Waals surface area contributed by atoms with Crippen molar-refractivity contribution in [3.63, 3.8) is 0 Å². The minimum atomic E-state index is -0.0866. The summed E-state index contributed by atoms with van der Waals surface area (Å²) < 4.78 is 0. The second-order valence-electron chi connectivity index (χ2n) is 6.91. The molecule has 25 heavy (non-hydrogen) atoms. The molecule has 1 aromatic carbocycles. The van der Waals surface area contributed by atoms with Crippen molar-refractivity contribution < 1.29 is 9.59 Å². The molecule has 1 aromatic rings. The minimum absolute atomic E-state index is 0.0866. The summed E-state index contributed by atoms with van der Waals surface area (Å²) in [6.07, 6.45) is 8.95. The number of carbonyl (C=O) groups is 2. The molecule has 0 bridgehead atoms. The van der Waals surface area contributed by atoms with Crippen molar-refractivity contribution >= 4 is 11.8 Å². The fourth-order valence-electron chi connectivity index (χ4n) is 3.28. The molecule has 5 heteroatoms. The molecular formula is C20H31N3O2. The van der Waals surface area contributed by atoms with E-state index in [0.717, 1.165) is 24.3 Å². The molecule has 0 heterocycles. The second kappa shape index (κ2) is 10.9. The number of amides is 2. The summed E-state index contributed by atoms with van der Waals surface area (Å²) in [5.41, 5.74) is 7.04. The van der Waals surface area contributed by atoms with E-state index in [-0.39, 0.29) is 11.8 Å². The summed E-state index contributed by atoms with van der Waals surface area (Å²) in [7, 11) is 0. The van der Waals surface area contributed by atoms with E-state index in [2.05, 4.69) is 10.6 Å². The summed E-state index contributed by atoms with van der Waals surface area (Å²) in [5, 5.41) is 5.80. The molecule has 0 unspecified atom stereocenters. The molecule has 2 amide bonds. The summed E-state index contributed by atoms with van der Waals surface area (Å²) >= 11 is 0. The van der Waals surface area contributed by atoms with Crippen molar-refractivity contribution in [2.24, 2.45) is 11.7 Å². The number of hydrogen-bond acceptors (Lipinski definition) is 3. The van der Waals surface area contributed by atoms with Crippen molar-refractivity contribution in [2.45, 2.75) is 57.9 Å². The van der Waals surface area contributed by atoms with Gasteiger partial charge in [0, 0.05) is 25.1 Å². The van der Waals surface area contributed by atoms with Crippen molar-refractivity contribution in [1.82, 2.24) is 10.6 Å². The molecule has 4 N–H and O–H groups in total. The van der Waals surface area contributed by atoms with Crippen LogP contribution in [0, 0.1) is 5.92 Å². The topological polar surface area (TPSA) is 84.2 Å². The van der Waals surface area contributed by atoms with Gasteiger partial charge < -0.3 is 16.4 Å². The largest absolute Gasteiger partial charge is 0.352 e. The lowest BCUT2D eigenvalue weighted by molar-refractivity contribution is -0.121. The zero-order valence-corrected chi connectivity index (χ0v) is 15.1. The van der Waals surface area contributed by atoms with Crippen LogP contribution in [0.5, 0.6) is 0 Å². The van der Waals surface area contributed by atoms with Crippen LogP contribution in [0.3, 0.4) is 0 Å². The highest BCUT2D eigenvalue weighted by Crippen LogP contribution is 2.27. The Morgan fingerprint density at radius 3 is 2.44 bits per heavy atom. The number of benzene rings is 1. The highest BCUT2D eigenvalue weighted by atomic mass is 16.2. The Balaban J connectivity index is 1.67. The second-order valence-corrected chi connectivity index (χ2v) is 6.91. The minimum Gasteiger partial charge on any atom is -0.352 e. The van der Waals surface area contributed by atoms with E-state index in [1.165, 1.54) is 32.1 Å². The third kappa shape index (κ3) is 7.26. The van der Waals surface area contributed by atoms with Gasteiger partial charge in [-0.15, -0.1) is 0 Å². The highest BCUT2D eigenvalue weighted by molar-refractivity contribution is 5.94. The molecular weight excluding hydrogens is 314 g/mol. The van der Waals surface area contributed by atoms with E-state index < -0.39 is 0 Å². The standard InChI is InChI=1S/C20H31N3O2/c21-13-4-14-22-20(25)18-10-7-17(8-11-18)15-23-19(24)12-9-16-5-2-1-3-6-16/h7-8,10-11,16H,1-6,9,12-15,21H2,(H,22,25)(H,23,24). The van der Waals surface area contributed by atoms with E-state index in [1.54, 1.807) is 12.1 Å². The molecule has 1 saturated carbocycles. The van der Waals surface area contributed by atoms with Gasteiger partial charge in [-0.2, -0.15) is 0 Å². The lowest BCUT2D eigenvalue weighted by atomic mass is 9.86. The molecule has 138 valence electrons. The normalized spacial score (nSPS) is 14.9. The van der Waals surface area contributed by atoms with Crippen LogP contribution in [0.4, 0.5) is 0 Å². The maximum absolute atomic E-state index is 12.0. The zero-order chi connectivity index (χ0) is 17.9. The van der Waals surface area contributed by atoms with E-state index in [4.69, 9.17) is 5.73 Å². The molecule has 0 saturated heterocycles. The molecule has 0 aromatic heterocycles. The van der Waals surface area contributed by atoms with Crippen LogP contribution in [0.25, 0.3) is 0 Å². The molecule has 5 nitrogen and oxygen atoms in total. The van der Waals surface area contributed by atoms with Crippen LogP contribution in [0.1, 0.15) is 67.3 Å². The lowest BCUT2D eigenvalue weighted by Crippen LogP contribution is -2.26. The fraction of sp³-hybridized carbons (Fsp3) is 0.600. The first-order chi connectivity index (χ1) is 12.2. The van der Waals surface area contributed by atoms with Crippen LogP contribution in [-0.2, 0) is 11.3 Å². The average molecular weight is 345 g/mol. The van der Waals surface area contributed by atoms with Gasteiger partial charge in [0.05, 0.1) is 0 Å². The van der Waals surface area contributed by atoms with E-state index in [1.807, 2.05) is 12.1 Å². The summed E-state index contributed by atoms with van der Waals surface area (Å²) in [6, 6.07) is 7.36. The van der Waals surface area contributed by atoms with Gasteiger partial charge in [0.2, 0.25) is 5.91 Å². The van der Waals surface area contributed by atoms with Crippen LogP contribution >= 0.6 is 0 Å². The van der Waals surface area contributed by atoms with Crippen molar-refractivity contribution in [1.29, 1.82) is 0 Å². The molecule has 0 atom stereocenters. The number of nitrogens with one attached hydrogen (secondary N) is 2. The first-order valence-electron chi connectivity index (χ1n) is 9.53.